The van der Waals surface area contributed by atoms with E-state index in [1.165, 1.54) is 0 Å². The molecule has 1 saturated heterocycles. The highest BCUT2D eigenvalue weighted by atomic mass is 16.5. The minimum Gasteiger partial charge on any atom is -0.484 e. The number of hydrogen-bond donors (Lipinski definition) is 3. The fourth-order valence-electron chi connectivity index (χ4n) is 2.39. The Morgan fingerprint density at radius 2 is 2.09 bits per heavy atom. The van der Waals surface area contributed by atoms with Crippen molar-refractivity contribution >= 4 is 17.5 Å². The van der Waals surface area contributed by atoms with E-state index in [0.717, 1.165) is 25.9 Å². The molecule has 0 unspecified atom stereocenters. The molecule has 1 heterocycles. The van der Waals surface area contributed by atoms with Crippen molar-refractivity contribution < 1.29 is 14.3 Å². The van der Waals surface area contributed by atoms with Gasteiger partial charge in [0.2, 0.25) is 5.91 Å². The molecule has 2 rings (SSSR count). The summed E-state index contributed by atoms with van der Waals surface area (Å²) in [5.41, 5.74) is 0.692. The fourth-order valence-corrected chi connectivity index (χ4v) is 2.39. The van der Waals surface area contributed by atoms with Crippen LogP contribution in [-0.2, 0) is 9.59 Å². The lowest BCUT2D eigenvalue weighted by Gasteiger charge is -2.21. The topological polar surface area (TPSA) is 79.5 Å². The SMILES string of the molecule is CCNC(=O)COc1cccc(NC(=O)C2CCNCC2)c1. The highest BCUT2D eigenvalue weighted by molar-refractivity contribution is 5.92. The molecule has 0 bridgehead atoms. The molecular formula is C16H23N3O3. The Morgan fingerprint density at radius 3 is 2.82 bits per heavy atom. The van der Waals surface area contributed by atoms with Crippen LogP contribution in [0, 0.1) is 5.92 Å². The summed E-state index contributed by atoms with van der Waals surface area (Å²) in [6.07, 6.45) is 1.72. The van der Waals surface area contributed by atoms with E-state index in [-0.39, 0.29) is 24.3 Å². The van der Waals surface area contributed by atoms with Crippen LogP contribution < -0.4 is 20.7 Å². The Hall–Kier alpha value is -2.08. The number of carbonyl (C=O) groups is 2. The molecule has 120 valence electrons. The van der Waals surface area contributed by atoms with Crippen LogP contribution in [0.25, 0.3) is 0 Å². The van der Waals surface area contributed by atoms with Crippen molar-refractivity contribution in [2.45, 2.75) is 19.8 Å². The first-order chi connectivity index (χ1) is 10.7. The highest BCUT2D eigenvalue weighted by Crippen LogP contribution is 2.20. The van der Waals surface area contributed by atoms with Gasteiger partial charge in [-0.3, -0.25) is 9.59 Å². The molecule has 0 aliphatic carbocycles. The zero-order valence-corrected chi connectivity index (χ0v) is 12.9. The summed E-state index contributed by atoms with van der Waals surface area (Å²) < 4.78 is 5.41. The number of ether oxygens (including phenoxy) is 1. The van der Waals surface area contributed by atoms with E-state index in [0.29, 0.717) is 18.0 Å². The molecule has 1 fully saturated rings. The van der Waals surface area contributed by atoms with E-state index < -0.39 is 0 Å². The molecule has 0 atom stereocenters. The lowest BCUT2D eigenvalue weighted by atomic mass is 9.97. The summed E-state index contributed by atoms with van der Waals surface area (Å²) in [6.45, 7) is 4.17. The third-order valence-electron chi connectivity index (χ3n) is 3.56. The van der Waals surface area contributed by atoms with Crippen molar-refractivity contribution in [1.29, 1.82) is 0 Å². The van der Waals surface area contributed by atoms with Gasteiger partial charge in [0.1, 0.15) is 5.75 Å². The molecule has 2 amide bonds. The molecule has 6 nitrogen and oxygen atoms in total. The minimum absolute atomic E-state index is 0.0282. The Kier molecular flexibility index (Phi) is 6.21. The molecule has 1 aliphatic rings. The van der Waals surface area contributed by atoms with Gasteiger partial charge < -0.3 is 20.7 Å². The Balaban J connectivity index is 1.87. The van der Waals surface area contributed by atoms with Crippen LogP contribution in [0.1, 0.15) is 19.8 Å². The van der Waals surface area contributed by atoms with E-state index in [1.54, 1.807) is 18.2 Å². The summed E-state index contributed by atoms with van der Waals surface area (Å²) in [7, 11) is 0. The molecule has 3 N–H and O–H groups in total. The van der Waals surface area contributed by atoms with Crippen LogP contribution in [0.4, 0.5) is 5.69 Å². The Labute approximate surface area is 130 Å². The van der Waals surface area contributed by atoms with Crippen LogP contribution in [-0.4, -0.2) is 38.1 Å². The molecule has 1 aliphatic heterocycles. The van der Waals surface area contributed by atoms with Crippen LogP contribution in [0.3, 0.4) is 0 Å². The molecule has 1 aromatic carbocycles. The van der Waals surface area contributed by atoms with Crippen molar-refractivity contribution in [3.8, 4) is 5.75 Å². The number of carbonyl (C=O) groups excluding carboxylic acids is 2. The van der Waals surface area contributed by atoms with Crippen molar-refractivity contribution in [3.05, 3.63) is 24.3 Å². The van der Waals surface area contributed by atoms with Gasteiger partial charge >= 0.3 is 0 Å². The molecule has 0 aromatic heterocycles. The van der Waals surface area contributed by atoms with Gasteiger partial charge in [0.25, 0.3) is 5.91 Å². The van der Waals surface area contributed by atoms with Gasteiger partial charge in [-0.25, -0.2) is 0 Å². The number of likely N-dealkylation sites (N-methyl/N-ethyl adjacent to an activating group) is 1. The van der Waals surface area contributed by atoms with Gasteiger partial charge in [0.05, 0.1) is 0 Å². The first kappa shape index (κ1) is 16.3. The van der Waals surface area contributed by atoms with Gasteiger partial charge in [0, 0.05) is 24.2 Å². The molecular weight excluding hydrogens is 282 g/mol. The molecule has 6 heteroatoms. The molecule has 0 spiro atoms. The standard InChI is InChI=1S/C16H23N3O3/c1-2-18-15(20)11-22-14-5-3-4-13(10-14)19-16(21)12-6-8-17-9-7-12/h3-5,10,12,17H,2,6-9,11H2,1H3,(H,18,20)(H,19,21). The van der Waals surface area contributed by atoms with Crippen LogP contribution >= 0.6 is 0 Å². The zero-order chi connectivity index (χ0) is 15.8. The van der Waals surface area contributed by atoms with Gasteiger partial charge in [-0.05, 0) is 45.0 Å². The molecule has 0 saturated carbocycles. The average molecular weight is 305 g/mol. The second-order valence-corrected chi connectivity index (χ2v) is 5.28. The van der Waals surface area contributed by atoms with E-state index in [1.807, 2.05) is 13.0 Å². The summed E-state index contributed by atoms with van der Waals surface area (Å²) in [4.78, 5) is 23.6. The summed E-state index contributed by atoms with van der Waals surface area (Å²) in [5, 5.41) is 8.83. The fraction of sp³-hybridized carbons (Fsp3) is 0.500. The second kappa shape index (κ2) is 8.38. The number of benzene rings is 1. The number of rotatable bonds is 6. The Bertz CT molecular complexity index is 513. The van der Waals surface area contributed by atoms with E-state index in [9.17, 15) is 9.59 Å². The van der Waals surface area contributed by atoms with Crippen LogP contribution in [0.2, 0.25) is 0 Å². The van der Waals surface area contributed by atoms with E-state index in [2.05, 4.69) is 16.0 Å². The maximum absolute atomic E-state index is 12.2. The maximum Gasteiger partial charge on any atom is 0.257 e. The first-order valence-electron chi connectivity index (χ1n) is 7.70. The highest BCUT2D eigenvalue weighted by Gasteiger charge is 2.20. The average Bonchev–Trinajstić information content (AvgIpc) is 2.54. The smallest absolute Gasteiger partial charge is 0.257 e. The van der Waals surface area contributed by atoms with Crippen LogP contribution in [0.15, 0.2) is 24.3 Å². The molecule has 0 radical (unpaired) electrons. The third-order valence-corrected chi connectivity index (χ3v) is 3.56. The molecule has 22 heavy (non-hydrogen) atoms. The van der Waals surface area contributed by atoms with Crippen molar-refractivity contribution in [1.82, 2.24) is 10.6 Å². The number of piperidine rings is 1. The van der Waals surface area contributed by atoms with Crippen molar-refractivity contribution in [3.63, 3.8) is 0 Å². The summed E-state index contributed by atoms with van der Waals surface area (Å²) >= 11 is 0. The van der Waals surface area contributed by atoms with Crippen molar-refractivity contribution in [2.75, 3.05) is 31.6 Å². The van der Waals surface area contributed by atoms with E-state index in [4.69, 9.17) is 4.74 Å². The minimum atomic E-state index is -0.161. The number of anilines is 1. The first-order valence-corrected chi connectivity index (χ1v) is 7.70. The normalized spacial score (nSPS) is 15.1. The monoisotopic (exact) mass is 305 g/mol. The lowest BCUT2D eigenvalue weighted by Crippen LogP contribution is -2.34. The predicted octanol–water partition coefficient (Wildman–Crippen LogP) is 1.14. The van der Waals surface area contributed by atoms with Gasteiger partial charge in [-0.15, -0.1) is 0 Å². The Morgan fingerprint density at radius 1 is 1.32 bits per heavy atom. The predicted molar refractivity (Wildman–Crippen MR) is 84.8 cm³/mol. The summed E-state index contributed by atoms with van der Waals surface area (Å²) in [5.74, 6) is 0.504. The zero-order valence-electron chi connectivity index (χ0n) is 12.9. The lowest BCUT2D eigenvalue weighted by molar-refractivity contribution is -0.123. The number of nitrogens with one attached hydrogen (secondary N) is 3. The number of hydrogen-bond acceptors (Lipinski definition) is 4. The van der Waals surface area contributed by atoms with Crippen molar-refractivity contribution in [2.24, 2.45) is 5.92 Å². The van der Waals surface area contributed by atoms with Gasteiger partial charge in [-0.1, -0.05) is 6.07 Å². The van der Waals surface area contributed by atoms with Gasteiger partial charge in [0.15, 0.2) is 6.61 Å². The van der Waals surface area contributed by atoms with Crippen LogP contribution in [0.5, 0.6) is 5.75 Å². The largest absolute Gasteiger partial charge is 0.484 e. The summed E-state index contributed by atoms with van der Waals surface area (Å²) in [6, 6.07) is 7.11. The second-order valence-electron chi connectivity index (χ2n) is 5.28. The quantitative estimate of drug-likeness (QED) is 0.736. The number of amides is 2. The van der Waals surface area contributed by atoms with E-state index >= 15 is 0 Å². The molecule has 1 aromatic rings. The van der Waals surface area contributed by atoms with Gasteiger partial charge in [-0.2, -0.15) is 0 Å². The third kappa shape index (κ3) is 5.04. The maximum atomic E-state index is 12.2.